The molecule has 98 valence electrons. The first-order valence-corrected chi connectivity index (χ1v) is 6.47. The average molecular weight is 277 g/mol. The minimum absolute atomic E-state index is 0.0173. The zero-order valence-electron chi connectivity index (χ0n) is 10.8. The van der Waals surface area contributed by atoms with Gasteiger partial charge in [-0.3, -0.25) is 4.79 Å². The molecule has 0 bridgehead atoms. The lowest BCUT2D eigenvalue weighted by Gasteiger charge is -2.10. The highest BCUT2D eigenvalue weighted by Crippen LogP contribution is 2.29. The molecule has 0 unspecified atom stereocenters. The van der Waals surface area contributed by atoms with Gasteiger partial charge in [-0.05, 0) is 23.3 Å². The maximum atomic E-state index is 14.1. The maximum absolute atomic E-state index is 14.1. The van der Waals surface area contributed by atoms with Crippen LogP contribution in [-0.2, 0) is 0 Å². The van der Waals surface area contributed by atoms with Crippen LogP contribution in [0.2, 0.25) is 5.02 Å². The van der Waals surface area contributed by atoms with Crippen molar-refractivity contribution in [2.75, 3.05) is 0 Å². The van der Waals surface area contributed by atoms with Crippen LogP contribution in [0, 0.1) is 11.7 Å². The lowest BCUT2D eigenvalue weighted by atomic mass is 9.97. The smallest absolute Gasteiger partial charge is 0.169 e. The van der Waals surface area contributed by atoms with Gasteiger partial charge in [0.25, 0.3) is 0 Å². The molecular weight excluding hydrogens is 263 g/mol. The predicted octanol–water partition coefficient (Wildman–Crippen LogP) is 4.98. The van der Waals surface area contributed by atoms with Crippen molar-refractivity contribution in [1.82, 2.24) is 0 Å². The first kappa shape index (κ1) is 13.8. The Labute approximate surface area is 117 Å². The number of hydrogen-bond donors (Lipinski definition) is 0. The SMILES string of the molecule is CC(C)C(=O)c1c(F)cc(-c2ccccc2)cc1Cl. The summed E-state index contributed by atoms with van der Waals surface area (Å²) in [4.78, 5) is 11.9. The van der Waals surface area contributed by atoms with Gasteiger partial charge in [-0.25, -0.2) is 4.39 Å². The molecule has 19 heavy (non-hydrogen) atoms. The second-order valence-corrected chi connectivity index (χ2v) is 5.11. The molecule has 1 nitrogen and oxygen atoms in total. The maximum Gasteiger partial charge on any atom is 0.169 e. The van der Waals surface area contributed by atoms with E-state index in [0.717, 1.165) is 5.56 Å². The number of halogens is 2. The Kier molecular flexibility index (Phi) is 4.01. The molecule has 0 N–H and O–H groups in total. The van der Waals surface area contributed by atoms with Crippen molar-refractivity contribution in [3.05, 3.63) is 58.9 Å². The summed E-state index contributed by atoms with van der Waals surface area (Å²) < 4.78 is 14.1. The summed E-state index contributed by atoms with van der Waals surface area (Å²) in [6.07, 6.45) is 0. The highest BCUT2D eigenvalue weighted by molar-refractivity contribution is 6.34. The van der Waals surface area contributed by atoms with E-state index >= 15 is 0 Å². The van der Waals surface area contributed by atoms with Crippen LogP contribution in [0.1, 0.15) is 24.2 Å². The number of carbonyl (C=O) groups is 1. The van der Waals surface area contributed by atoms with Crippen LogP contribution in [-0.4, -0.2) is 5.78 Å². The van der Waals surface area contributed by atoms with Crippen molar-refractivity contribution < 1.29 is 9.18 Å². The summed E-state index contributed by atoms with van der Waals surface area (Å²) in [5.74, 6) is -1.12. The molecule has 0 aromatic heterocycles. The second kappa shape index (κ2) is 5.54. The van der Waals surface area contributed by atoms with E-state index in [-0.39, 0.29) is 22.3 Å². The summed E-state index contributed by atoms with van der Waals surface area (Å²) in [5, 5.41) is 0.164. The number of Topliss-reactive ketones (excluding diaryl/α,β-unsaturated/α-hetero) is 1. The monoisotopic (exact) mass is 276 g/mol. The third-order valence-corrected chi connectivity index (χ3v) is 3.22. The number of rotatable bonds is 3. The summed E-state index contributed by atoms with van der Waals surface area (Å²) in [5.41, 5.74) is 1.52. The van der Waals surface area contributed by atoms with Crippen LogP contribution in [0.25, 0.3) is 11.1 Å². The third-order valence-electron chi connectivity index (χ3n) is 2.92. The molecule has 0 amide bonds. The largest absolute Gasteiger partial charge is 0.294 e. The Morgan fingerprint density at radius 3 is 2.26 bits per heavy atom. The van der Waals surface area contributed by atoms with Crippen molar-refractivity contribution in [2.24, 2.45) is 5.92 Å². The molecule has 2 rings (SSSR count). The van der Waals surface area contributed by atoms with Gasteiger partial charge >= 0.3 is 0 Å². The standard InChI is InChI=1S/C16H14ClFO/c1-10(2)16(19)15-13(17)8-12(9-14(15)18)11-6-4-3-5-7-11/h3-10H,1-2H3. The predicted molar refractivity (Wildman–Crippen MR) is 76.0 cm³/mol. The minimum Gasteiger partial charge on any atom is -0.294 e. The van der Waals surface area contributed by atoms with E-state index in [4.69, 9.17) is 11.6 Å². The Hall–Kier alpha value is -1.67. The van der Waals surface area contributed by atoms with Crippen molar-refractivity contribution in [3.63, 3.8) is 0 Å². The van der Waals surface area contributed by atoms with E-state index in [0.29, 0.717) is 5.56 Å². The molecule has 2 aromatic carbocycles. The van der Waals surface area contributed by atoms with Crippen LogP contribution >= 0.6 is 11.6 Å². The van der Waals surface area contributed by atoms with Gasteiger partial charge in [-0.15, -0.1) is 0 Å². The van der Waals surface area contributed by atoms with Crippen molar-refractivity contribution >= 4 is 17.4 Å². The molecule has 2 aromatic rings. The van der Waals surface area contributed by atoms with E-state index in [2.05, 4.69) is 0 Å². The van der Waals surface area contributed by atoms with Gasteiger partial charge in [0, 0.05) is 5.92 Å². The Bertz CT molecular complexity index is 582. The molecule has 0 radical (unpaired) electrons. The third kappa shape index (κ3) is 2.85. The first-order valence-electron chi connectivity index (χ1n) is 6.09. The number of ketones is 1. The summed E-state index contributed by atoms with van der Waals surface area (Å²) >= 11 is 6.06. The number of benzene rings is 2. The van der Waals surface area contributed by atoms with Gasteiger partial charge in [0.1, 0.15) is 5.82 Å². The Balaban J connectivity index is 2.52. The van der Waals surface area contributed by atoms with Crippen LogP contribution in [0.5, 0.6) is 0 Å². The lowest BCUT2D eigenvalue weighted by Crippen LogP contribution is -2.10. The minimum atomic E-state index is -0.565. The molecule has 0 saturated heterocycles. The number of hydrogen-bond acceptors (Lipinski definition) is 1. The van der Waals surface area contributed by atoms with Crippen molar-refractivity contribution in [2.45, 2.75) is 13.8 Å². The van der Waals surface area contributed by atoms with Crippen molar-refractivity contribution in [1.29, 1.82) is 0 Å². The van der Waals surface area contributed by atoms with Crippen LogP contribution in [0.4, 0.5) is 4.39 Å². The molecule has 0 spiro atoms. The fourth-order valence-corrected chi connectivity index (χ4v) is 2.20. The van der Waals surface area contributed by atoms with E-state index in [9.17, 15) is 9.18 Å². The normalized spacial score (nSPS) is 10.8. The van der Waals surface area contributed by atoms with Gasteiger partial charge in [0.2, 0.25) is 0 Å². The Morgan fingerprint density at radius 1 is 1.11 bits per heavy atom. The molecule has 0 aliphatic carbocycles. The molecule has 0 aliphatic heterocycles. The van der Waals surface area contributed by atoms with Gasteiger partial charge in [0.05, 0.1) is 10.6 Å². The van der Waals surface area contributed by atoms with Crippen LogP contribution < -0.4 is 0 Å². The molecule has 0 saturated carbocycles. The second-order valence-electron chi connectivity index (χ2n) is 4.70. The molecular formula is C16H14ClFO. The first-order chi connectivity index (χ1) is 9.00. The molecule has 3 heteroatoms. The molecule has 0 heterocycles. The highest BCUT2D eigenvalue weighted by atomic mass is 35.5. The van der Waals surface area contributed by atoms with Gasteiger partial charge in [0.15, 0.2) is 5.78 Å². The van der Waals surface area contributed by atoms with E-state index < -0.39 is 5.82 Å². The van der Waals surface area contributed by atoms with E-state index in [1.807, 2.05) is 30.3 Å². The van der Waals surface area contributed by atoms with Crippen molar-refractivity contribution in [3.8, 4) is 11.1 Å². The van der Waals surface area contributed by atoms with Gasteiger partial charge < -0.3 is 0 Å². The van der Waals surface area contributed by atoms with E-state index in [1.54, 1.807) is 19.9 Å². The lowest BCUT2D eigenvalue weighted by molar-refractivity contribution is 0.0935. The van der Waals surface area contributed by atoms with Gasteiger partial charge in [-0.2, -0.15) is 0 Å². The average Bonchev–Trinajstić information content (AvgIpc) is 2.38. The zero-order valence-corrected chi connectivity index (χ0v) is 11.5. The molecule has 0 aliphatic rings. The molecule has 0 fully saturated rings. The summed E-state index contributed by atoms with van der Waals surface area (Å²) in [7, 11) is 0. The fraction of sp³-hybridized carbons (Fsp3) is 0.188. The molecule has 0 atom stereocenters. The fourth-order valence-electron chi connectivity index (χ4n) is 1.89. The van der Waals surface area contributed by atoms with E-state index in [1.165, 1.54) is 6.07 Å². The highest BCUT2D eigenvalue weighted by Gasteiger charge is 2.20. The summed E-state index contributed by atoms with van der Waals surface area (Å²) in [6.45, 7) is 3.45. The van der Waals surface area contributed by atoms with Crippen LogP contribution in [0.15, 0.2) is 42.5 Å². The topological polar surface area (TPSA) is 17.1 Å². The summed E-state index contributed by atoms with van der Waals surface area (Å²) in [6, 6.07) is 12.4. The Morgan fingerprint density at radius 2 is 1.74 bits per heavy atom. The zero-order chi connectivity index (χ0) is 14.0. The van der Waals surface area contributed by atoms with Gasteiger partial charge in [-0.1, -0.05) is 55.8 Å². The van der Waals surface area contributed by atoms with Crippen LogP contribution in [0.3, 0.4) is 0 Å². The quantitative estimate of drug-likeness (QED) is 0.722. The number of carbonyl (C=O) groups excluding carboxylic acids is 1.